The van der Waals surface area contributed by atoms with Crippen LogP contribution in [0.4, 0.5) is 0 Å². The van der Waals surface area contributed by atoms with Crippen LogP contribution in [-0.4, -0.2) is 14.8 Å². The third kappa shape index (κ3) is 2.72. The van der Waals surface area contributed by atoms with Gasteiger partial charge in [0.1, 0.15) is 6.33 Å². The van der Waals surface area contributed by atoms with E-state index in [1.54, 1.807) is 11.8 Å². The molecule has 88 valence electrons. The highest BCUT2D eigenvalue weighted by Crippen LogP contribution is 2.37. The maximum Gasteiger partial charge on any atom is 0.191 e. The minimum Gasteiger partial charge on any atom is -0.306 e. The summed E-state index contributed by atoms with van der Waals surface area (Å²) in [7, 11) is 0. The zero-order valence-corrected chi connectivity index (χ0v) is 11.6. The molecule has 0 saturated heterocycles. The van der Waals surface area contributed by atoms with Crippen molar-refractivity contribution in [2.24, 2.45) is 0 Å². The Balaban J connectivity index is 1.67. The number of rotatable bonds is 4. The number of hydrogen-bond acceptors (Lipinski definition) is 3. The molecule has 1 aliphatic carbocycles. The molecular formula is C12H12BrN3S. The largest absolute Gasteiger partial charge is 0.306 e. The zero-order chi connectivity index (χ0) is 11.7. The molecule has 1 aliphatic rings. The van der Waals surface area contributed by atoms with Crippen LogP contribution in [0.5, 0.6) is 0 Å². The van der Waals surface area contributed by atoms with E-state index in [1.807, 2.05) is 6.33 Å². The van der Waals surface area contributed by atoms with Crippen molar-refractivity contribution in [1.29, 1.82) is 0 Å². The summed E-state index contributed by atoms with van der Waals surface area (Å²) in [4.78, 5) is 0. The molecule has 0 unspecified atom stereocenters. The van der Waals surface area contributed by atoms with Gasteiger partial charge in [-0.1, -0.05) is 39.8 Å². The Hall–Kier alpha value is -0.810. The summed E-state index contributed by atoms with van der Waals surface area (Å²) in [6, 6.07) is 9.06. The lowest BCUT2D eigenvalue weighted by molar-refractivity contribution is 0.663. The monoisotopic (exact) mass is 309 g/mol. The molecule has 0 spiro atoms. The fourth-order valence-electron chi connectivity index (χ4n) is 1.67. The number of aromatic nitrogens is 3. The maximum absolute atomic E-state index is 4.18. The Morgan fingerprint density at radius 3 is 2.76 bits per heavy atom. The average Bonchev–Trinajstić information content (AvgIpc) is 3.08. The van der Waals surface area contributed by atoms with Gasteiger partial charge in [-0.3, -0.25) is 0 Å². The molecule has 0 radical (unpaired) electrons. The molecule has 3 nitrogen and oxygen atoms in total. The molecule has 0 aliphatic heterocycles. The van der Waals surface area contributed by atoms with Crippen LogP contribution in [0.2, 0.25) is 0 Å². The molecule has 0 bridgehead atoms. The molecule has 5 heteroatoms. The minimum atomic E-state index is 0.650. The second-order valence-electron chi connectivity index (χ2n) is 4.17. The van der Waals surface area contributed by atoms with Crippen molar-refractivity contribution in [2.45, 2.75) is 29.8 Å². The predicted molar refractivity (Wildman–Crippen MR) is 72.0 cm³/mol. The first-order valence-electron chi connectivity index (χ1n) is 5.60. The molecule has 3 rings (SSSR count). The lowest BCUT2D eigenvalue weighted by Crippen LogP contribution is -1.94. The quantitative estimate of drug-likeness (QED) is 0.807. The van der Waals surface area contributed by atoms with E-state index in [4.69, 9.17) is 0 Å². The lowest BCUT2D eigenvalue weighted by atomic mass is 10.2. The van der Waals surface area contributed by atoms with Crippen LogP contribution in [0.3, 0.4) is 0 Å². The summed E-state index contributed by atoms with van der Waals surface area (Å²) in [5.74, 6) is 0.943. The molecule has 2 aromatic rings. The van der Waals surface area contributed by atoms with E-state index in [-0.39, 0.29) is 0 Å². The first-order chi connectivity index (χ1) is 8.33. The van der Waals surface area contributed by atoms with Gasteiger partial charge in [-0.2, -0.15) is 0 Å². The van der Waals surface area contributed by atoms with Gasteiger partial charge in [-0.15, -0.1) is 10.2 Å². The van der Waals surface area contributed by atoms with Crippen LogP contribution in [0.25, 0.3) is 0 Å². The van der Waals surface area contributed by atoms with Crippen molar-refractivity contribution in [3.8, 4) is 0 Å². The van der Waals surface area contributed by atoms with Crippen molar-refractivity contribution < 1.29 is 0 Å². The van der Waals surface area contributed by atoms with Gasteiger partial charge in [-0.25, -0.2) is 0 Å². The fraction of sp³-hybridized carbons (Fsp3) is 0.333. The van der Waals surface area contributed by atoms with Crippen LogP contribution in [0, 0.1) is 0 Å². The molecule has 1 heterocycles. The van der Waals surface area contributed by atoms with Gasteiger partial charge in [0, 0.05) is 16.3 Å². The van der Waals surface area contributed by atoms with Crippen molar-refractivity contribution in [3.63, 3.8) is 0 Å². The van der Waals surface area contributed by atoms with Crippen molar-refractivity contribution >= 4 is 27.7 Å². The van der Waals surface area contributed by atoms with E-state index in [0.29, 0.717) is 6.04 Å². The molecule has 1 aromatic carbocycles. The summed E-state index contributed by atoms with van der Waals surface area (Å²) in [5, 5.41) is 9.21. The molecular weight excluding hydrogens is 298 g/mol. The fourth-order valence-corrected chi connectivity index (χ4v) is 2.87. The molecule has 0 amide bonds. The van der Waals surface area contributed by atoms with Gasteiger partial charge in [-0.05, 0) is 30.5 Å². The Kier molecular flexibility index (Phi) is 3.20. The summed E-state index contributed by atoms with van der Waals surface area (Å²) < 4.78 is 3.32. The zero-order valence-electron chi connectivity index (χ0n) is 9.21. The van der Waals surface area contributed by atoms with E-state index < -0.39 is 0 Å². The van der Waals surface area contributed by atoms with Gasteiger partial charge >= 0.3 is 0 Å². The lowest BCUT2D eigenvalue weighted by Gasteiger charge is -2.04. The maximum atomic E-state index is 4.18. The topological polar surface area (TPSA) is 30.7 Å². The highest BCUT2D eigenvalue weighted by molar-refractivity contribution is 9.10. The first-order valence-corrected chi connectivity index (χ1v) is 7.37. The number of nitrogens with zero attached hydrogens (tertiary/aromatic N) is 3. The van der Waals surface area contributed by atoms with E-state index in [2.05, 4.69) is 55.0 Å². The third-order valence-electron chi connectivity index (χ3n) is 2.76. The smallest absolute Gasteiger partial charge is 0.191 e. The van der Waals surface area contributed by atoms with Crippen molar-refractivity contribution in [3.05, 3.63) is 40.6 Å². The predicted octanol–water partition coefficient (Wildman–Crippen LogP) is 3.67. The number of benzene rings is 1. The Labute approximate surface area is 113 Å². The second kappa shape index (κ2) is 4.82. The Bertz CT molecular complexity index is 505. The molecule has 1 fully saturated rings. The van der Waals surface area contributed by atoms with Gasteiger partial charge in [0.05, 0.1) is 0 Å². The average molecular weight is 310 g/mol. The van der Waals surface area contributed by atoms with Gasteiger partial charge in [0.25, 0.3) is 0 Å². The molecule has 17 heavy (non-hydrogen) atoms. The van der Waals surface area contributed by atoms with Crippen molar-refractivity contribution in [1.82, 2.24) is 14.8 Å². The summed E-state index contributed by atoms with van der Waals surface area (Å²) >= 11 is 5.20. The Morgan fingerprint density at radius 2 is 2.06 bits per heavy atom. The first kappa shape index (κ1) is 11.3. The van der Waals surface area contributed by atoms with Crippen LogP contribution in [0.1, 0.15) is 24.4 Å². The van der Waals surface area contributed by atoms with Crippen LogP contribution < -0.4 is 0 Å². The summed E-state index contributed by atoms with van der Waals surface area (Å²) in [5.41, 5.74) is 1.31. The second-order valence-corrected chi connectivity index (χ2v) is 6.03. The Morgan fingerprint density at radius 1 is 1.29 bits per heavy atom. The van der Waals surface area contributed by atoms with Crippen LogP contribution >= 0.6 is 27.7 Å². The summed E-state index contributed by atoms with van der Waals surface area (Å²) in [6.07, 6.45) is 4.38. The molecule has 1 saturated carbocycles. The molecule has 1 aromatic heterocycles. The van der Waals surface area contributed by atoms with Gasteiger partial charge < -0.3 is 4.57 Å². The van der Waals surface area contributed by atoms with E-state index in [0.717, 1.165) is 15.4 Å². The van der Waals surface area contributed by atoms with Gasteiger partial charge in [0.15, 0.2) is 5.16 Å². The number of halogens is 1. The van der Waals surface area contributed by atoms with Crippen LogP contribution in [-0.2, 0) is 5.75 Å². The minimum absolute atomic E-state index is 0.650. The highest BCUT2D eigenvalue weighted by Gasteiger charge is 2.26. The van der Waals surface area contributed by atoms with Crippen LogP contribution in [0.15, 0.2) is 40.2 Å². The van der Waals surface area contributed by atoms with Gasteiger partial charge in [0.2, 0.25) is 0 Å². The number of thioether (sulfide) groups is 1. The standard InChI is InChI=1S/C12H12BrN3S/c13-10-3-1-9(2-4-10)7-17-12-15-14-8-16(12)11-5-6-11/h1-4,8,11H,5-7H2. The highest BCUT2D eigenvalue weighted by atomic mass is 79.9. The molecule has 0 N–H and O–H groups in total. The normalized spacial score (nSPS) is 15.1. The third-order valence-corrected chi connectivity index (χ3v) is 4.32. The summed E-state index contributed by atoms with van der Waals surface area (Å²) in [6.45, 7) is 0. The van der Waals surface area contributed by atoms with Crippen molar-refractivity contribution in [2.75, 3.05) is 0 Å². The SMILES string of the molecule is Brc1ccc(CSc2nncn2C2CC2)cc1. The van der Waals surface area contributed by atoms with E-state index >= 15 is 0 Å². The van der Waals surface area contributed by atoms with E-state index in [1.165, 1.54) is 18.4 Å². The number of hydrogen-bond donors (Lipinski definition) is 0. The van der Waals surface area contributed by atoms with E-state index in [9.17, 15) is 0 Å². The molecule has 0 atom stereocenters.